The molecule has 0 saturated heterocycles. The Balaban J connectivity index is 2.10. The van der Waals surface area contributed by atoms with E-state index in [9.17, 15) is 0 Å². The summed E-state index contributed by atoms with van der Waals surface area (Å²) in [5.41, 5.74) is 2.27. The molecular weight excluding hydrogens is 276 g/mol. The molecule has 1 aromatic carbocycles. The van der Waals surface area contributed by atoms with Crippen LogP contribution in [0.15, 0.2) is 30.3 Å². The highest BCUT2D eigenvalue weighted by Crippen LogP contribution is 2.16. The van der Waals surface area contributed by atoms with Crippen molar-refractivity contribution in [3.05, 3.63) is 41.6 Å². The van der Waals surface area contributed by atoms with Crippen molar-refractivity contribution >= 4 is 17.5 Å². The number of rotatable bonds is 6. The molecule has 6 heteroatoms. The van der Waals surface area contributed by atoms with Gasteiger partial charge in [0.25, 0.3) is 0 Å². The zero-order valence-electron chi connectivity index (χ0n) is 13.1. The van der Waals surface area contributed by atoms with E-state index < -0.39 is 0 Å². The van der Waals surface area contributed by atoms with Crippen molar-refractivity contribution in [2.45, 2.75) is 6.92 Å². The maximum absolute atomic E-state index is 8.94. The number of nitriles is 1. The molecule has 2 N–H and O–H groups in total. The van der Waals surface area contributed by atoms with Gasteiger partial charge in [-0.3, -0.25) is 0 Å². The van der Waals surface area contributed by atoms with E-state index in [4.69, 9.17) is 5.26 Å². The lowest BCUT2D eigenvalue weighted by atomic mass is 10.2. The van der Waals surface area contributed by atoms with E-state index in [1.807, 2.05) is 39.2 Å². The van der Waals surface area contributed by atoms with Gasteiger partial charge in [-0.25, -0.2) is 4.98 Å². The van der Waals surface area contributed by atoms with E-state index in [0.717, 1.165) is 30.3 Å². The van der Waals surface area contributed by atoms with Gasteiger partial charge in [-0.1, -0.05) is 6.07 Å². The molecular formula is C16H20N6. The summed E-state index contributed by atoms with van der Waals surface area (Å²) in [7, 11) is 4.06. The molecule has 2 rings (SSSR count). The van der Waals surface area contributed by atoms with Gasteiger partial charge in [0, 0.05) is 30.5 Å². The van der Waals surface area contributed by atoms with Gasteiger partial charge in [0.2, 0.25) is 5.95 Å². The summed E-state index contributed by atoms with van der Waals surface area (Å²) in [4.78, 5) is 10.9. The quantitative estimate of drug-likeness (QED) is 0.852. The van der Waals surface area contributed by atoms with Crippen LogP contribution < -0.4 is 10.6 Å². The van der Waals surface area contributed by atoms with E-state index in [0.29, 0.717) is 11.5 Å². The number of likely N-dealkylation sites (N-methyl/N-ethyl adjacent to an activating group) is 1. The third kappa shape index (κ3) is 4.72. The summed E-state index contributed by atoms with van der Waals surface area (Å²) in [5, 5.41) is 15.4. The van der Waals surface area contributed by atoms with Crippen LogP contribution in [0.1, 0.15) is 11.3 Å². The van der Waals surface area contributed by atoms with Crippen LogP contribution in [-0.4, -0.2) is 42.1 Å². The fourth-order valence-electron chi connectivity index (χ4n) is 1.92. The largest absolute Gasteiger partial charge is 0.369 e. The van der Waals surface area contributed by atoms with Crippen LogP contribution in [0, 0.1) is 18.3 Å². The summed E-state index contributed by atoms with van der Waals surface area (Å²) in [6.45, 7) is 3.67. The molecule has 114 valence electrons. The zero-order valence-corrected chi connectivity index (χ0v) is 13.1. The number of nitrogens with zero attached hydrogens (tertiary/aromatic N) is 4. The molecule has 0 bridgehead atoms. The van der Waals surface area contributed by atoms with Crippen molar-refractivity contribution in [2.75, 3.05) is 37.8 Å². The van der Waals surface area contributed by atoms with Crippen LogP contribution >= 0.6 is 0 Å². The fraction of sp³-hybridized carbons (Fsp3) is 0.312. The summed E-state index contributed by atoms with van der Waals surface area (Å²) in [6, 6.07) is 11.3. The molecule has 0 fully saturated rings. The highest BCUT2D eigenvalue weighted by atomic mass is 15.2. The molecule has 0 aliphatic carbocycles. The Morgan fingerprint density at radius 1 is 1.23 bits per heavy atom. The minimum Gasteiger partial charge on any atom is -0.369 e. The zero-order chi connectivity index (χ0) is 15.9. The Labute approximate surface area is 130 Å². The van der Waals surface area contributed by atoms with Crippen molar-refractivity contribution in [3.8, 4) is 6.07 Å². The van der Waals surface area contributed by atoms with Crippen LogP contribution in [0.5, 0.6) is 0 Å². The van der Waals surface area contributed by atoms with E-state index in [1.54, 1.807) is 12.1 Å². The van der Waals surface area contributed by atoms with Crippen molar-refractivity contribution in [3.63, 3.8) is 0 Å². The van der Waals surface area contributed by atoms with Crippen LogP contribution in [-0.2, 0) is 0 Å². The van der Waals surface area contributed by atoms with Crippen molar-refractivity contribution in [2.24, 2.45) is 0 Å². The number of benzene rings is 1. The first-order valence-electron chi connectivity index (χ1n) is 7.08. The molecule has 1 aromatic heterocycles. The minimum atomic E-state index is 0.516. The molecule has 6 nitrogen and oxygen atoms in total. The van der Waals surface area contributed by atoms with Gasteiger partial charge in [0.05, 0.1) is 11.6 Å². The van der Waals surface area contributed by atoms with Crippen molar-refractivity contribution in [1.29, 1.82) is 5.26 Å². The summed E-state index contributed by atoms with van der Waals surface area (Å²) < 4.78 is 0. The second kappa shape index (κ2) is 7.38. The standard InChI is InChI=1S/C16H20N6/c1-12-9-15(18-7-8-22(2)3)21-16(19-12)20-14-6-4-5-13(10-14)11-17/h4-6,9-10H,7-8H2,1-3H3,(H2,18,19,20,21). The predicted molar refractivity (Wildman–Crippen MR) is 88.3 cm³/mol. The smallest absolute Gasteiger partial charge is 0.229 e. The van der Waals surface area contributed by atoms with Crippen LogP contribution in [0.3, 0.4) is 0 Å². The number of hydrogen-bond acceptors (Lipinski definition) is 6. The van der Waals surface area contributed by atoms with Gasteiger partial charge < -0.3 is 15.5 Å². The van der Waals surface area contributed by atoms with Crippen molar-refractivity contribution in [1.82, 2.24) is 14.9 Å². The minimum absolute atomic E-state index is 0.516. The van der Waals surface area contributed by atoms with Gasteiger partial charge in [0.1, 0.15) is 5.82 Å². The maximum Gasteiger partial charge on any atom is 0.229 e. The monoisotopic (exact) mass is 296 g/mol. The van der Waals surface area contributed by atoms with E-state index in [-0.39, 0.29) is 0 Å². The molecule has 0 aliphatic heterocycles. The second-order valence-electron chi connectivity index (χ2n) is 5.27. The van der Waals surface area contributed by atoms with Crippen LogP contribution in [0.25, 0.3) is 0 Å². The van der Waals surface area contributed by atoms with Gasteiger partial charge in [-0.2, -0.15) is 10.2 Å². The lowest BCUT2D eigenvalue weighted by Crippen LogP contribution is -2.21. The molecule has 0 radical (unpaired) electrons. The Morgan fingerprint density at radius 3 is 2.77 bits per heavy atom. The SMILES string of the molecule is Cc1cc(NCCN(C)C)nc(Nc2cccc(C#N)c2)n1. The van der Waals surface area contributed by atoms with Gasteiger partial charge in [-0.15, -0.1) is 0 Å². The Kier molecular flexibility index (Phi) is 5.28. The van der Waals surface area contributed by atoms with E-state index >= 15 is 0 Å². The number of aryl methyl sites for hydroxylation is 1. The second-order valence-corrected chi connectivity index (χ2v) is 5.27. The average molecular weight is 296 g/mol. The topological polar surface area (TPSA) is 76.9 Å². The molecule has 0 saturated carbocycles. The number of hydrogen-bond donors (Lipinski definition) is 2. The summed E-state index contributed by atoms with van der Waals surface area (Å²) in [6.07, 6.45) is 0. The lowest BCUT2D eigenvalue weighted by molar-refractivity contribution is 0.425. The first-order chi connectivity index (χ1) is 10.6. The van der Waals surface area contributed by atoms with E-state index in [1.165, 1.54) is 0 Å². The normalized spacial score (nSPS) is 10.3. The number of aromatic nitrogens is 2. The van der Waals surface area contributed by atoms with Gasteiger partial charge >= 0.3 is 0 Å². The average Bonchev–Trinajstić information content (AvgIpc) is 2.46. The van der Waals surface area contributed by atoms with Gasteiger partial charge in [-0.05, 0) is 39.2 Å². The maximum atomic E-state index is 8.94. The summed E-state index contributed by atoms with van der Waals surface area (Å²) in [5.74, 6) is 1.30. The molecule has 0 atom stereocenters. The highest BCUT2D eigenvalue weighted by Gasteiger charge is 2.03. The third-order valence-corrected chi connectivity index (χ3v) is 2.97. The molecule has 0 spiro atoms. The highest BCUT2D eigenvalue weighted by molar-refractivity contribution is 5.57. The number of nitrogens with one attached hydrogen (secondary N) is 2. The molecule has 0 amide bonds. The Morgan fingerprint density at radius 2 is 2.05 bits per heavy atom. The first-order valence-corrected chi connectivity index (χ1v) is 7.08. The predicted octanol–water partition coefficient (Wildman–Crippen LogP) is 2.37. The lowest BCUT2D eigenvalue weighted by Gasteiger charge is -2.12. The molecule has 1 heterocycles. The molecule has 22 heavy (non-hydrogen) atoms. The fourth-order valence-corrected chi connectivity index (χ4v) is 1.92. The molecule has 0 aliphatic rings. The van der Waals surface area contributed by atoms with Crippen molar-refractivity contribution < 1.29 is 0 Å². The third-order valence-electron chi connectivity index (χ3n) is 2.97. The van der Waals surface area contributed by atoms with E-state index in [2.05, 4.69) is 31.6 Å². The van der Waals surface area contributed by atoms with Crippen LogP contribution in [0.2, 0.25) is 0 Å². The number of anilines is 3. The first kappa shape index (κ1) is 15.7. The Hall–Kier alpha value is -2.65. The van der Waals surface area contributed by atoms with Gasteiger partial charge in [0.15, 0.2) is 0 Å². The van der Waals surface area contributed by atoms with Crippen LogP contribution in [0.4, 0.5) is 17.5 Å². The Bertz CT molecular complexity index is 675. The summed E-state index contributed by atoms with van der Waals surface area (Å²) >= 11 is 0. The molecule has 2 aromatic rings. The molecule has 0 unspecified atom stereocenters.